The van der Waals surface area contributed by atoms with Crippen LogP contribution in [0.15, 0.2) is 42.0 Å². The maximum Gasteiger partial charge on any atom is 0.295 e. The molecule has 0 radical (unpaired) electrons. The topological polar surface area (TPSA) is 94.5 Å². The number of methoxy groups -OCH3 is 4. The van der Waals surface area contributed by atoms with E-state index < -0.39 is 17.7 Å². The van der Waals surface area contributed by atoms with Crippen molar-refractivity contribution in [1.29, 1.82) is 0 Å². The summed E-state index contributed by atoms with van der Waals surface area (Å²) in [5.74, 6) is -0.159. The number of hydrogen-bond acceptors (Lipinski definition) is 7. The molecule has 2 aromatic rings. The van der Waals surface area contributed by atoms with Gasteiger partial charge in [-0.3, -0.25) is 9.59 Å². The van der Waals surface area contributed by atoms with Crippen LogP contribution in [0.1, 0.15) is 22.7 Å². The van der Waals surface area contributed by atoms with Gasteiger partial charge in [0.2, 0.25) is 0 Å². The molecule has 0 spiro atoms. The zero-order valence-corrected chi connectivity index (χ0v) is 18.8. The standard InChI is InChI=1S/C24H27NO7/c1-14-12-15(30-3)6-8-17(14)22(26)20-21(25(10-11-29-2)24(28)23(20)27)18-13-16(31-4)7-9-19(18)32-5/h6-9,12-13,21,26H,10-11H2,1-5H3/b22-20+/t21-/m0/s1. The molecule has 1 aliphatic heterocycles. The Balaban J connectivity index is 2.26. The summed E-state index contributed by atoms with van der Waals surface area (Å²) in [5.41, 5.74) is 1.63. The number of rotatable bonds is 8. The molecule has 1 heterocycles. The second kappa shape index (κ2) is 9.74. The van der Waals surface area contributed by atoms with Gasteiger partial charge in [0, 0.05) is 24.8 Å². The molecule has 0 unspecified atom stereocenters. The fourth-order valence-corrected chi connectivity index (χ4v) is 3.85. The van der Waals surface area contributed by atoms with Gasteiger partial charge in [-0.2, -0.15) is 0 Å². The Kier molecular flexibility index (Phi) is 7.05. The maximum absolute atomic E-state index is 13.1. The van der Waals surface area contributed by atoms with Crippen LogP contribution >= 0.6 is 0 Å². The Hall–Kier alpha value is -3.52. The summed E-state index contributed by atoms with van der Waals surface area (Å²) >= 11 is 0. The van der Waals surface area contributed by atoms with Gasteiger partial charge < -0.3 is 29.0 Å². The van der Waals surface area contributed by atoms with E-state index in [0.29, 0.717) is 33.9 Å². The van der Waals surface area contributed by atoms with Crippen molar-refractivity contribution < 1.29 is 33.6 Å². The second-order valence-corrected chi connectivity index (χ2v) is 7.27. The number of aliphatic hydroxyl groups excluding tert-OH is 1. The molecule has 0 bridgehead atoms. The summed E-state index contributed by atoms with van der Waals surface area (Å²) in [6.45, 7) is 2.17. The predicted octanol–water partition coefficient (Wildman–Crippen LogP) is 3.09. The van der Waals surface area contributed by atoms with Gasteiger partial charge in [-0.05, 0) is 48.9 Å². The lowest BCUT2D eigenvalue weighted by Crippen LogP contribution is -2.32. The first-order valence-electron chi connectivity index (χ1n) is 10.0. The summed E-state index contributed by atoms with van der Waals surface area (Å²) in [6.07, 6.45) is 0. The largest absolute Gasteiger partial charge is 0.507 e. The van der Waals surface area contributed by atoms with E-state index in [9.17, 15) is 14.7 Å². The molecule has 0 saturated carbocycles. The van der Waals surface area contributed by atoms with Crippen molar-refractivity contribution in [3.63, 3.8) is 0 Å². The van der Waals surface area contributed by atoms with Gasteiger partial charge in [-0.1, -0.05) is 0 Å². The third kappa shape index (κ3) is 4.13. The number of benzene rings is 2. The molecule has 1 saturated heterocycles. The van der Waals surface area contributed by atoms with E-state index >= 15 is 0 Å². The number of amides is 1. The predicted molar refractivity (Wildman–Crippen MR) is 118 cm³/mol. The lowest BCUT2D eigenvalue weighted by Gasteiger charge is -2.26. The average molecular weight is 441 g/mol. The molecule has 8 heteroatoms. The lowest BCUT2D eigenvalue weighted by atomic mass is 9.93. The molecule has 1 amide bonds. The first-order valence-corrected chi connectivity index (χ1v) is 10.0. The van der Waals surface area contributed by atoms with Crippen LogP contribution in [0.25, 0.3) is 5.76 Å². The number of carbonyl (C=O) groups excluding carboxylic acids is 2. The third-order valence-electron chi connectivity index (χ3n) is 5.50. The number of ketones is 1. The Labute approximate surface area is 187 Å². The number of aryl methyl sites for hydroxylation is 1. The molecular weight excluding hydrogens is 414 g/mol. The third-order valence-corrected chi connectivity index (χ3v) is 5.50. The summed E-state index contributed by atoms with van der Waals surface area (Å²) < 4.78 is 21.2. The maximum atomic E-state index is 13.1. The highest BCUT2D eigenvalue weighted by molar-refractivity contribution is 6.46. The number of hydrogen-bond donors (Lipinski definition) is 1. The van der Waals surface area contributed by atoms with E-state index in [4.69, 9.17) is 18.9 Å². The van der Waals surface area contributed by atoms with E-state index in [1.54, 1.807) is 50.4 Å². The van der Waals surface area contributed by atoms with Gasteiger partial charge in [-0.15, -0.1) is 0 Å². The number of carbonyl (C=O) groups is 2. The van der Waals surface area contributed by atoms with Gasteiger partial charge in [0.15, 0.2) is 0 Å². The zero-order valence-electron chi connectivity index (χ0n) is 18.8. The first kappa shape index (κ1) is 23.1. The van der Waals surface area contributed by atoms with E-state index in [0.717, 1.165) is 0 Å². The molecule has 3 rings (SSSR count). The van der Waals surface area contributed by atoms with E-state index in [2.05, 4.69) is 0 Å². The van der Waals surface area contributed by atoms with Crippen molar-refractivity contribution in [2.45, 2.75) is 13.0 Å². The summed E-state index contributed by atoms with van der Waals surface area (Å²) in [6, 6.07) is 9.33. The zero-order chi connectivity index (χ0) is 23.4. The number of Topliss-reactive ketones (excluding diaryl/α,β-unsaturated/α-hetero) is 1. The number of nitrogens with zero attached hydrogens (tertiary/aromatic N) is 1. The van der Waals surface area contributed by atoms with Crippen LogP contribution in [0.3, 0.4) is 0 Å². The van der Waals surface area contributed by atoms with Crippen molar-refractivity contribution in [2.75, 3.05) is 41.6 Å². The highest BCUT2D eigenvalue weighted by Crippen LogP contribution is 2.44. The Morgan fingerprint density at radius 2 is 1.62 bits per heavy atom. The SMILES string of the molecule is COCCN1C(=O)C(=O)/C(=C(/O)c2ccc(OC)cc2C)[C@@H]1c1cc(OC)ccc1OC. The fraction of sp³-hybridized carbons (Fsp3) is 0.333. The normalized spacial score (nSPS) is 17.5. The van der Waals surface area contributed by atoms with Gasteiger partial charge in [-0.25, -0.2) is 0 Å². The molecule has 0 aliphatic carbocycles. The van der Waals surface area contributed by atoms with Crippen LogP contribution in [-0.4, -0.2) is 63.3 Å². The molecule has 0 aromatic heterocycles. The highest BCUT2D eigenvalue weighted by atomic mass is 16.5. The Morgan fingerprint density at radius 3 is 2.22 bits per heavy atom. The molecule has 8 nitrogen and oxygen atoms in total. The van der Waals surface area contributed by atoms with Crippen LogP contribution in [0.5, 0.6) is 17.2 Å². The minimum absolute atomic E-state index is 0.0223. The molecule has 32 heavy (non-hydrogen) atoms. The van der Waals surface area contributed by atoms with Crippen molar-refractivity contribution in [1.82, 2.24) is 4.90 Å². The van der Waals surface area contributed by atoms with Gasteiger partial charge in [0.05, 0.1) is 39.6 Å². The first-order chi connectivity index (χ1) is 15.4. The van der Waals surface area contributed by atoms with Gasteiger partial charge in [0.1, 0.15) is 23.0 Å². The molecule has 1 fully saturated rings. The Morgan fingerprint density at radius 1 is 0.969 bits per heavy atom. The monoisotopic (exact) mass is 441 g/mol. The highest BCUT2D eigenvalue weighted by Gasteiger charge is 2.47. The molecular formula is C24H27NO7. The minimum atomic E-state index is -0.878. The van der Waals surface area contributed by atoms with Gasteiger partial charge >= 0.3 is 0 Å². The number of likely N-dealkylation sites (tertiary alicyclic amines) is 1. The molecule has 2 aromatic carbocycles. The molecule has 1 atom stereocenters. The van der Waals surface area contributed by atoms with Crippen molar-refractivity contribution in [3.05, 3.63) is 58.7 Å². The minimum Gasteiger partial charge on any atom is -0.507 e. The van der Waals surface area contributed by atoms with Crippen molar-refractivity contribution >= 4 is 17.4 Å². The summed E-state index contributed by atoms with van der Waals surface area (Å²) in [5, 5.41) is 11.3. The molecule has 170 valence electrons. The van der Waals surface area contributed by atoms with Crippen molar-refractivity contribution in [3.8, 4) is 17.2 Å². The van der Waals surface area contributed by atoms with Crippen LogP contribution in [0, 0.1) is 6.92 Å². The van der Waals surface area contributed by atoms with Crippen LogP contribution in [0.4, 0.5) is 0 Å². The van der Waals surface area contributed by atoms with Gasteiger partial charge in [0.25, 0.3) is 11.7 Å². The second-order valence-electron chi connectivity index (χ2n) is 7.27. The average Bonchev–Trinajstić information content (AvgIpc) is 3.06. The Bertz CT molecular complexity index is 1060. The van der Waals surface area contributed by atoms with Crippen LogP contribution in [0.2, 0.25) is 0 Å². The van der Waals surface area contributed by atoms with Crippen molar-refractivity contribution in [2.24, 2.45) is 0 Å². The quantitative estimate of drug-likeness (QED) is 0.382. The molecule has 1 aliphatic rings. The smallest absolute Gasteiger partial charge is 0.295 e. The fourth-order valence-electron chi connectivity index (χ4n) is 3.85. The number of ether oxygens (including phenoxy) is 4. The van der Waals surface area contributed by atoms with E-state index in [1.807, 2.05) is 0 Å². The summed E-state index contributed by atoms with van der Waals surface area (Å²) in [4.78, 5) is 27.5. The van der Waals surface area contributed by atoms with Crippen LogP contribution < -0.4 is 14.2 Å². The van der Waals surface area contributed by atoms with E-state index in [-0.39, 0.29) is 24.5 Å². The summed E-state index contributed by atoms with van der Waals surface area (Å²) in [7, 11) is 6.08. The lowest BCUT2D eigenvalue weighted by molar-refractivity contribution is -0.140. The van der Waals surface area contributed by atoms with Crippen LogP contribution in [-0.2, 0) is 14.3 Å². The number of aliphatic hydroxyl groups is 1. The van der Waals surface area contributed by atoms with E-state index in [1.165, 1.54) is 26.2 Å². The molecule has 1 N–H and O–H groups in total.